The average molecular weight is 917 g/mol. The van der Waals surface area contributed by atoms with Crippen molar-refractivity contribution in [2.45, 2.75) is 0 Å². The minimum Gasteiger partial charge on any atom is -0.478 e. The Hall–Kier alpha value is -4.31. The predicted octanol–water partition coefficient (Wildman–Crippen LogP) is 13.2. The molecule has 0 aliphatic rings. The van der Waals surface area contributed by atoms with Crippen molar-refractivity contribution < 1.29 is 29.4 Å². The number of nitrogens with one attached hydrogen (secondary N) is 2. The van der Waals surface area contributed by atoms with Gasteiger partial charge in [0.2, 0.25) is 0 Å². The van der Waals surface area contributed by atoms with Crippen LogP contribution in [0.15, 0.2) is 112 Å². The molecule has 0 spiro atoms. The maximum Gasteiger partial charge on any atom is 0.339 e. The van der Waals surface area contributed by atoms with Crippen LogP contribution in [-0.2, 0) is 0 Å². The highest BCUT2D eigenvalue weighted by molar-refractivity contribution is 9.10. The first-order valence-electron chi connectivity index (χ1n) is 15.3. The Balaban J connectivity index is 0.000000186. The Morgan fingerprint density at radius 2 is 1.15 bits per heavy atom. The topological polar surface area (TPSA) is 133 Å². The Morgan fingerprint density at radius 3 is 1.67 bits per heavy atom. The maximum atomic E-state index is 12.7. The fourth-order valence-electron chi connectivity index (χ4n) is 5.06. The molecule has 4 aromatic heterocycles. The first kappa shape index (κ1) is 39.4. The summed E-state index contributed by atoms with van der Waals surface area (Å²) in [6.07, 6.45) is 0. The van der Waals surface area contributed by atoms with Crippen LogP contribution >= 0.6 is 96.1 Å². The Labute approximate surface area is 347 Å². The zero-order valence-electron chi connectivity index (χ0n) is 27.1. The number of amides is 2. The summed E-state index contributed by atoms with van der Waals surface area (Å²) in [7, 11) is 0. The molecular weight excluding hydrogens is 895 g/mol. The molecule has 0 saturated carbocycles. The van der Waals surface area contributed by atoms with Gasteiger partial charge in [-0.15, -0.1) is 45.3 Å². The molecule has 2 amide bonds. The first-order chi connectivity index (χ1) is 25.9. The molecule has 272 valence electrons. The van der Waals surface area contributed by atoms with Crippen molar-refractivity contribution in [3.63, 3.8) is 0 Å². The number of carbonyl (C=O) groups is 4. The summed E-state index contributed by atoms with van der Waals surface area (Å²) in [6.45, 7) is 0. The Kier molecular flexibility index (Phi) is 12.7. The number of aromatic carboxylic acids is 2. The van der Waals surface area contributed by atoms with E-state index in [1.54, 1.807) is 41.1 Å². The van der Waals surface area contributed by atoms with Crippen molar-refractivity contribution in [1.29, 1.82) is 0 Å². The highest BCUT2D eigenvalue weighted by Gasteiger charge is 2.24. The smallest absolute Gasteiger partial charge is 0.339 e. The van der Waals surface area contributed by atoms with E-state index in [4.69, 9.17) is 34.8 Å². The van der Waals surface area contributed by atoms with Gasteiger partial charge in [0.1, 0.15) is 25.5 Å². The normalized spacial score (nSPS) is 10.7. The van der Waals surface area contributed by atoms with E-state index in [9.17, 15) is 29.4 Å². The van der Waals surface area contributed by atoms with Crippen LogP contribution in [-0.4, -0.2) is 34.0 Å². The lowest BCUT2D eigenvalue weighted by atomic mass is 10.0. The van der Waals surface area contributed by atoms with Crippen LogP contribution in [0.3, 0.4) is 0 Å². The lowest BCUT2D eigenvalue weighted by Gasteiger charge is -2.06. The van der Waals surface area contributed by atoms with Crippen molar-refractivity contribution in [1.82, 2.24) is 0 Å². The summed E-state index contributed by atoms with van der Waals surface area (Å²) in [5, 5.41) is 29.2. The van der Waals surface area contributed by atoms with Crippen LogP contribution in [0.1, 0.15) is 40.7 Å². The van der Waals surface area contributed by atoms with Crippen molar-refractivity contribution in [3.8, 4) is 32.7 Å². The quantitative estimate of drug-likeness (QED) is 0.114. The molecule has 0 aliphatic heterocycles. The van der Waals surface area contributed by atoms with Gasteiger partial charge in [-0.05, 0) is 59.2 Å². The number of benzene rings is 3. The van der Waals surface area contributed by atoms with Crippen molar-refractivity contribution >= 4 is 130 Å². The van der Waals surface area contributed by atoms with Gasteiger partial charge in [-0.25, -0.2) is 9.59 Å². The van der Waals surface area contributed by atoms with Crippen LogP contribution < -0.4 is 10.6 Å². The van der Waals surface area contributed by atoms with E-state index in [0.717, 1.165) is 43.2 Å². The van der Waals surface area contributed by atoms with E-state index in [-0.39, 0.29) is 31.9 Å². The number of carbonyl (C=O) groups excluding carboxylic acids is 2. The van der Waals surface area contributed by atoms with E-state index in [2.05, 4.69) is 26.6 Å². The molecule has 0 fully saturated rings. The second-order valence-electron chi connectivity index (χ2n) is 11.0. The van der Waals surface area contributed by atoms with Gasteiger partial charge in [0.25, 0.3) is 11.8 Å². The van der Waals surface area contributed by atoms with Gasteiger partial charge < -0.3 is 20.8 Å². The van der Waals surface area contributed by atoms with Gasteiger partial charge in [0, 0.05) is 36.3 Å². The van der Waals surface area contributed by atoms with Gasteiger partial charge >= 0.3 is 11.9 Å². The van der Waals surface area contributed by atoms with E-state index in [1.807, 2.05) is 60.7 Å². The third-order valence-electron chi connectivity index (χ3n) is 7.56. The van der Waals surface area contributed by atoms with Gasteiger partial charge in [-0.3, -0.25) is 9.59 Å². The fourth-order valence-corrected chi connectivity index (χ4v) is 9.72. The molecule has 0 saturated heterocycles. The van der Waals surface area contributed by atoms with Crippen molar-refractivity contribution in [3.05, 3.63) is 148 Å². The van der Waals surface area contributed by atoms with Crippen LogP contribution in [0.25, 0.3) is 32.7 Å². The highest BCUT2D eigenvalue weighted by Crippen LogP contribution is 2.39. The molecule has 4 N–H and O–H groups in total. The third kappa shape index (κ3) is 9.13. The molecule has 0 bridgehead atoms. The molecular formula is C38H22BrCl3N2O6S4. The Morgan fingerprint density at radius 1 is 0.611 bits per heavy atom. The summed E-state index contributed by atoms with van der Waals surface area (Å²) in [6, 6.07) is 29.1. The zero-order chi connectivity index (χ0) is 38.5. The number of thiophene rings is 4. The lowest BCUT2D eigenvalue weighted by molar-refractivity contribution is 0.0688. The molecule has 3 aromatic carbocycles. The van der Waals surface area contributed by atoms with E-state index < -0.39 is 17.8 Å². The molecule has 7 rings (SSSR count). The molecule has 8 nitrogen and oxygen atoms in total. The predicted molar refractivity (Wildman–Crippen MR) is 226 cm³/mol. The zero-order valence-corrected chi connectivity index (χ0v) is 34.2. The summed E-state index contributed by atoms with van der Waals surface area (Å²) in [4.78, 5) is 50.2. The number of rotatable bonds is 9. The fraction of sp³-hybridized carbons (Fsp3) is 0. The van der Waals surface area contributed by atoms with Crippen LogP contribution in [0.2, 0.25) is 13.7 Å². The summed E-state index contributed by atoms with van der Waals surface area (Å²) < 4.78 is 1.53. The van der Waals surface area contributed by atoms with Crippen LogP contribution in [0.5, 0.6) is 0 Å². The monoisotopic (exact) mass is 914 g/mol. The Bertz CT molecular complexity index is 2490. The second-order valence-corrected chi connectivity index (χ2v) is 17.5. The van der Waals surface area contributed by atoms with Crippen molar-refractivity contribution in [2.24, 2.45) is 0 Å². The van der Waals surface area contributed by atoms with Gasteiger partial charge in [0.05, 0.1) is 14.8 Å². The largest absolute Gasteiger partial charge is 0.478 e. The minimum absolute atomic E-state index is 0.0121. The number of anilines is 2. The van der Waals surface area contributed by atoms with Gasteiger partial charge in [0.15, 0.2) is 0 Å². The van der Waals surface area contributed by atoms with Crippen molar-refractivity contribution in [2.75, 3.05) is 10.6 Å². The average Bonchev–Trinajstić information content (AvgIpc) is 3.96. The molecule has 0 radical (unpaired) electrons. The molecule has 16 heteroatoms. The molecule has 0 atom stereocenters. The molecule has 54 heavy (non-hydrogen) atoms. The van der Waals surface area contributed by atoms with Crippen LogP contribution in [0.4, 0.5) is 10.0 Å². The number of carboxylic acids is 2. The first-order valence-corrected chi connectivity index (χ1v) is 20.7. The molecule has 0 unspecified atom stereocenters. The highest BCUT2D eigenvalue weighted by atomic mass is 79.9. The molecule has 4 heterocycles. The minimum atomic E-state index is -1.14. The SMILES string of the molecule is O=C(Nc1scc(-c2ccc(Br)cc2)c1C(=O)O)c1ccc(-c2ccccc2)s1.O=C(Nc1scc(-c2ccc(Cl)cc2)c1C(=O)O)c1cc(Cl)sc1Cl. The summed E-state index contributed by atoms with van der Waals surface area (Å²) in [5.41, 5.74) is 3.91. The number of hydrogen-bond donors (Lipinski definition) is 4. The number of halogens is 4. The summed E-state index contributed by atoms with van der Waals surface area (Å²) in [5.74, 6) is -3.05. The third-order valence-corrected chi connectivity index (χ3v) is 12.8. The number of hydrogen-bond acceptors (Lipinski definition) is 8. The maximum absolute atomic E-state index is 12.7. The molecule has 0 aliphatic carbocycles. The van der Waals surface area contributed by atoms with Crippen LogP contribution in [0, 0.1) is 0 Å². The van der Waals surface area contributed by atoms with Gasteiger partial charge in [-0.1, -0.05) is 105 Å². The van der Waals surface area contributed by atoms with E-state index >= 15 is 0 Å². The summed E-state index contributed by atoms with van der Waals surface area (Å²) >= 11 is 25.8. The second kappa shape index (κ2) is 17.4. The lowest BCUT2D eigenvalue weighted by Crippen LogP contribution is -2.13. The van der Waals surface area contributed by atoms with E-state index in [0.29, 0.717) is 35.9 Å². The standard InChI is InChI=1S/C22H14BrNO3S2.C16H8Cl3NO3S2/c23-15-8-6-13(7-9-15)16-12-28-21(19(16)22(26)27)24-20(25)18-11-10-17(29-18)14-4-2-1-3-5-14;17-8-3-1-7(2-4-8)10-6-24-15(12(10)16(22)23)20-14(21)9-5-11(18)25-13(9)19/h1-12H,(H,24,25)(H,26,27);1-6H,(H,20,21)(H,22,23). The van der Waals surface area contributed by atoms with E-state index in [1.165, 1.54) is 28.7 Å². The van der Waals surface area contributed by atoms with Gasteiger partial charge in [-0.2, -0.15) is 0 Å². The molecule has 7 aromatic rings. The number of carboxylic acid groups (broad SMARTS) is 2.